The van der Waals surface area contributed by atoms with Gasteiger partial charge >= 0.3 is 5.97 Å². The van der Waals surface area contributed by atoms with E-state index in [4.69, 9.17) is 10.5 Å². The van der Waals surface area contributed by atoms with Crippen molar-refractivity contribution in [3.05, 3.63) is 52.8 Å². The predicted molar refractivity (Wildman–Crippen MR) is 76.3 cm³/mol. The SMILES string of the molecule is CCOC(=O)C1=C(C)NC(N)=C(C#N)[C@H]1c1ccncc1. The fourth-order valence-corrected chi connectivity index (χ4v) is 2.35. The Kier molecular flexibility index (Phi) is 4.24. The highest BCUT2D eigenvalue weighted by atomic mass is 16.5. The molecule has 0 bridgehead atoms. The molecule has 0 radical (unpaired) electrons. The zero-order valence-electron chi connectivity index (χ0n) is 11.9. The summed E-state index contributed by atoms with van der Waals surface area (Å²) in [7, 11) is 0. The van der Waals surface area contributed by atoms with Crippen molar-refractivity contribution in [1.29, 1.82) is 5.26 Å². The van der Waals surface area contributed by atoms with E-state index in [1.165, 1.54) is 0 Å². The van der Waals surface area contributed by atoms with E-state index in [0.29, 0.717) is 16.8 Å². The molecule has 6 nitrogen and oxygen atoms in total. The molecular weight excluding hydrogens is 268 g/mol. The van der Waals surface area contributed by atoms with Gasteiger partial charge in [-0.1, -0.05) is 0 Å². The van der Waals surface area contributed by atoms with E-state index in [9.17, 15) is 10.1 Å². The molecule has 1 aliphatic rings. The molecule has 108 valence electrons. The van der Waals surface area contributed by atoms with E-state index in [1.807, 2.05) is 0 Å². The quantitative estimate of drug-likeness (QED) is 0.811. The van der Waals surface area contributed by atoms with Gasteiger partial charge in [-0.15, -0.1) is 0 Å². The summed E-state index contributed by atoms with van der Waals surface area (Å²) in [5, 5.41) is 12.3. The molecule has 0 aromatic carbocycles. The second kappa shape index (κ2) is 6.09. The number of hydrogen-bond acceptors (Lipinski definition) is 6. The van der Waals surface area contributed by atoms with Crippen molar-refractivity contribution in [1.82, 2.24) is 10.3 Å². The first kappa shape index (κ1) is 14.6. The highest BCUT2D eigenvalue weighted by Gasteiger charge is 2.34. The first-order valence-corrected chi connectivity index (χ1v) is 6.54. The number of nitriles is 1. The lowest BCUT2D eigenvalue weighted by atomic mass is 9.82. The number of nitrogens with zero attached hydrogens (tertiary/aromatic N) is 2. The van der Waals surface area contributed by atoms with Crippen LogP contribution in [0.1, 0.15) is 25.3 Å². The average Bonchev–Trinajstić information content (AvgIpc) is 2.47. The molecule has 2 rings (SSSR count). The highest BCUT2D eigenvalue weighted by molar-refractivity contribution is 5.93. The van der Waals surface area contributed by atoms with Crippen molar-refractivity contribution < 1.29 is 9.53 Å². The van der Waals surface area contributed by atoms with Crippen LogP contribution in [0, 0.1) is 11.3 Å². The number of ether oxygens (including phenoxy) is 1. The maximum Gasteiger partial charge on any atom is 0.336 e. The molecule has 0 saturated carbocycles. The molecule has 0 saturated heterocycles. The molecule has 0 aliphatic carbocycles. The number of rotatable bonds is 3. The van der Waals surface area contributed by atoms with Gasteiger partial charge in [-0.3, -0.25) is 4.98 Å². The summed E-state index contributed by atoms with van der Waals surface area (Å²) >= 11 is 0. The molecule has 1 aromatic heterocycles. The third-order valence-electron chi connectivity index (χ3n) is 3.25. The van der Waals surface area contributed by atoms with Crippen LogP contribution >= 0.6 is 0 Å². The van der Waals surface area contributed by atoms with Gasteiger partial charge in [-0.25, -0.2) is 4.79 Å². The third kappa shape index (κ3) is 2.72. The van der Waals surface area contributed by atoms with Crippen molar-refractivity contribution in [2.75, 3.05) is 6.61 Å². The minimum atomic E-state index is -0.543. The highest BCUT2D eigenvalue weighted by Crippen LogP contribution is 2.36. The number of nitrogens with one attached hydrogen (secondary N) is 1. The first-order valence-electron chi connectivity index (χ1n) is 6.54. The molecule has 0 amide bonds. The zero-order valence-corrected chi connectivity index (χ0v) is 11.9. The van der Waals surface area contributed by atoms with Gasteiger partial charge in [-0.2, -0.15) is 5.26 Å². The number of pyridine rings is 1. The number of aromatic nitrogens is 1. The maximum absolute atomic E-state index is 12.3. The normalized spacial score (nSPS) is 18.0. The summed E-state index contributed by atoms with van der Waals surface area (Å²) in [4.78, 5) is 16.2. The van der Waals surface area contributed by atoms with E-state index < -0.39 is 11.9 Å². The Hall–Kier alpha value is -2.81. The van der Waals surface area contributed by atoms with Crippen LogP contribution in [-0.2, 0) is 9.53 Å². The van der Waals surface area contributed by atoms with Crippen molar-refractivity contribution in [2.45, 2.75) is 19.8 Å². The minimum Gasteiger partial charge on any atom is -0.463 e. The Morgan fingerprint density at radius 3 is 2.76 bits per heavy atom. The summed E-state index contributed by atoms with van der Waals surface area (Å²) < 4.78 is 5.11. The number of carbonyl (C=O) groups is 1. The van der Waals surface area contributed by atoms with E-state index in [-0.39, 0.29) is 12.4 Å². The van der Waals surface area contributed by atoms with E-state index in [1.54, 1.807) is 38.4 Å². The van der Waals surface area contributed by atoms with Gasteiger partial charge in [0.25, 0.3) is 0 Å². The first-order chi connectivity index (χ1) is 10.1. The van der Waals surface area contributed by atoms with E-state index in [0.717, 1.165) is 5.56 Å². The van der Waals surface area contributed by atoms with E-state index in [2.05, 4.69) is 16.4 Å². The standard InChI is InChI=1S/C15H16N4O2/c1-3-21-15(20)12-9(2)19-14(17)11(8-16)13(12)10-4-6-18-7-5-10/h4-7,13,19H,3,17H2,1-2H3/t13-/m1/s1. The van der Waals surface area contributed by atoms with Gasteiger partial charge in [0.2, 0.25) is 0 Å². The molecule has 0 fully saturated rings. The lowest BCUT2D eigenvalue weighted by Crippen LogP contribution is -2.32. The van der Waals surface area contributed by atoms with Crippen molar-refractivity contribution in [2.24, 2.45) is 5.73 Å². The molecular formula is C15H16N4O2. The number of carbonyl (C=O) groups excluding carboxylic acids is 1. The monoisotopic (exact) mass is 284 g/mol. The van der Waals surface area contributed by atoms with Crippen LogP contribution in [0.3, 0.4) is 0 Å². The predicted octanol–water partition coefficient (Wildman–Crippen LogP) is 1.30. The molecule has 1 aliphatic heterocycles. The average molecular weight is 284 g/mol. The van der Waals surface area contributed by atoms with Crippen LogP contribution in [-0.4, -0.2) is 17.6 Å². The Bertz CT molecular complexity index is 656. The van der Waals surface area contributed by atoms with Crippen LogP contribution in [0.25, 0.3) is 0 Å². The largest absolute Gasteiger partial charge is 0.463 e. The van der Waals surface area contributed by atoms with Gasteiger partial charge in [0, 0.05) is 18.1 Å². The van der Waals surface area contributed by atoms with Gasteiger partial charge in [0.15, 0.2) is 0 Å². The summed E-state index contributed by atoms with van der Waals surface area (Å²) in [6, 6.07) is 5.59. The fraction of sp³-hybridized carbons (Fsp3) is 0.267. The topological polar surface area (TPSA) is 101 Å². The lowest BCUT2D eigenvalue weighted by molar-refractivity contribution is -0.138. The Labute approximate surface area is 122 Å². The molecule has 1 aromatic rings. The van der Waals surface area contributed by atoms with Crippen LogP contribution < -0.4 is 11.1 Å². The molecule has 21 heavy (non-hydrogen) atoms. The maximum atomic E-state index is 12.3. The van der Waals surface area contributed by atoms with Crippen LogP contribution in [0.5, 0.6) is 0 Å². The molecule has 2 heterocycles. The van der Waals surface area contributed by atoms with Crippen molar-refractivity contribution in [3.8, 4) is 6.07 Å². The van der Waals surface area contributed by atoms with Crippen molar-refractivity contribution in [3.63, 3.8) is 0 Å². The summed E-state index contributed by atoms with van der Waals surface area (Å²) in [6.45, 7) is 3.74. The summed E-state index contributed by atoms with van der Waals surface area (Å²) in [5.41, 5.74) is 7.95. The lowest BCUT2D eigenvalue weighted by Gasteiger charge is -2.27. The van der Waals surface area contributed by atoms with Crippen LogP contribution in [0.4, 0.5) is 0 Å². The number of hydrogen-bond donors (Lipinski definition) is 2. The van der Waals surface area contributed by atoms with E-state index >= 15 is 0 Å². The number of dihydropyridines is 1. The summed E-state index contributed by atoms with van der Waals surface area (Å²) in [5.74, 6) is -0.743. The second-order valence-corrected chi connectivity index (χ2v) is 4.54. The van der Waals surface area contributed by atoms with Crippen LogP contribution in [0.2, 0.25) is 0 Å². The van der Waals surface area contributed by atoms with Gasteiger partial charge in [0.1, 0.15) is 5.82 Å². The molecule has 1 atom stereocenters. The van der Waals surface area contributed by atoms with Crippen LogP contribution in [0.15, 0.2) is 47.2 Å². The molecule has 0 unspecified atom stereocenters. The van der Waals surface area contributed by atoms with Crippen molar-refractivity contribution >= 4 is 5.97 Å². The Morgan fingerprint density at radius 2 is 2.19 bits per heavy atom. The van der Waals surface area contributed by atoms with Gasteiger partial charge < -0.3 is 15.8 Å². The fourth-order valence-electron chi connectivity index (χ4n) is 2.35. The minimum absolute atomic E-state index is 0.255. The second-order valence-electron chi connectivity index (χ2n) is 4.54. The number of esters is 1. The zero-order chi connectivity index (χ0) is 15.4. The number of allylic oxidation sites excluding steroid dienone is 2. The third-order valence-corrected chi connectivity index (χ3v) is 3.25. The molecule has 3 N–H and O–H groups in total. The molecule has 6 heteroatoms. The Morgan fingerprint density at radius 1 is 1.52 bits per heavy atom. The molecule has 0 spiro atoms. The number of nitrogens with two attached hydrogens (primary N) is 1. The smallest absolute Gasteiger partial charge is 0.336 e. The van der Waals surface area contributed by atoms with Gasteiger partial charge in [0.05, 0.1) is 29.7 Å². The Balaban J connectivity index is 2.58. The summed E-state index contributed by atoms with van der Waals surface area (Å²) in [6.07, 6.45) is 3.22. The van der Waals surface area contributed by atoms with Gasteiger partial charge in [-0.05, 0) is 31.5 Å².